The van der Waals surface area contributed by atoms with Gasteiger partial charge in [0.25, 0.3) is 0 Å². The number of ether oxygens (including phenoxy) is 5. The minimum absolute atomic E-state index is 0.150. The van der Waals surface area contributed by atoms with Crippen LogP contribution in [-0.2, 0) is 34.3 Å². The summed E-state index contributed by atoms with van der Waals surface area (Å²) in [5.74, 6) is -2.05. The van der Waals surface area contributed by atoms with Crippen LogP contribution in [0.3, 0.4) is 0 Å². The summed E-state index contributed by atoms with van der Waals surface area (Å²) in [4.78, 5) is 24.7. The van der Waals surface area contributed by atoms with E-state index in [-0.39, 0.29) is 13.2 Å². The molecule has 0 saturated carbocycles. The Morgan fingerprint density at radius 1 is 1.06 bits per heavy atom. The van der Waals surface area contributed by atoms with E-state index in [9.17, 15) is 9.59 Å². The first-order chi connectivity index (χ1) is 14.8. The van der Waals surface area contributed by atoms with Crippen molar-refractivity contribution in [1.82, 2.24) is 0 Å². The highest BCUT2D eigenvalue weighted by Gasteiger charge is 2.57. The zero-order valence-electron chi connectivity index (χ0n) is 17.6. The van der Waals surface area contributed by atoms with Gasteiger partial charge in [-0.25, -0.2) is 9.59 Å². The van der Waals surface area contributed by atoms with Gasteiger partial charge in [0.15, 0.2) is 12.2 Å². The van der Waals surface area contributed by atoms with Crippen LogP contribution in [0.15, 0.2) is 34.8 Å². The van der Waals surface area contributed by atoms with Gasteiger partial charge in [-0.1, -0.05) is 34.1 Å². The number of esters is 2. The second kappa shape index (κ2) is 9.85. The van der Waals surface area contributed by atoms with Crippen molar-refractivity contribution >= 4 is 54.6 Å². The van der Waals surface area contributed by atoms with Gasteiger partial charge in [-0.3, -0.25) is 0 Å². The van der Waals surface area contributed by atoms with Crippen molar-refractivity contribution in [2.75, 3.05) is 20.3 Å². The predicted octanol–water partition coefficient (Wildman–Crippen LogP) is 4.46. The average molecular weight is 560 g/mol. The number of hydrogen-bond donors (Lipinski definition) is 0. The third kappa shape index (κ3) is 4.46. The molecule has 2 aromatic carbocycles. The molecule has 0 unspecified atom stereocenters. The Morgan fingerprint density at radius 2 is 1.65 bits per heavy atom. The third-order valence-electron chi connectivity index (χ3n) is 4.98. The molecule has 0 spiro atoms. The van der Waals surface area contributed by atoms with Crippen molar-refractivity contribution in [1.29, 1.82) is 0 Å². The van der Waals surface area contributed by atoms with Gasteiger partial charge in [-0.15, -0.1) is 0 Å². The van der Waals surface area contributed by atoms with Gasteiger partial charge < -0.3 is 23.7 Å². The lowest BCUT2D eigenvalue weighted by molar-refractivity contribution is -0.193. The molecule has 1 aliphatic rings. The van der Waals surface area contributed by atoms with Gasteiger partial charge >= 0.3 is 11.9 Å². The first kappa shape index (κ1) is 24.0. The summed E-state index contributed by atoms with van der Waals surface area (Å²) in [6.45, 7) is 5.49. The number of halogens is 2. The molecule has 0 amide bonds. The lowest BCUT2D eigenvalue weighted by atomic mass is 9.99. The molecule has 3 atom stereocenters. The molecule has 0 N–H and O–H groups in total. The number of hydrogen-bond acceptors (Lipinski definition) is 7. The quantitative estimate of drug-likeness (QED) is 0.366. The molecule has 0 aromatic heterocycles. The maximum absolute atomic E-state index is 12.6. The molecule has 1 aliphatic heterocycles. The van der Waals surface area contributed by atoms with Gasteiger partial charge in [0.1, 0.15) is 5.75 Å². The highest BCUT2D eigenvalue weighted by Crippen LogP contribution is 2.45. The van der Waals surface area contributed by atoms with E-state index >= 15 is 0 Å². The van der Waals surface area contributed by atoms with Crippen LogP contribution in [0.25, 0.3) is 10.8 Å². The largest absolute Gasteiger partial charge is 0.496 e. The fourth-order valence-corrected chi connectivity index (χ4v) is 4.66. The summed E-state index contributed by atoms with van der Waals surface area (Å²) in [7, 11) is 1.60. The SMILES string of the molecule is CCOC(=O)[C@@H]1OC(c2ccc3c(Br)c(OC)ccc3c2)([C@H](C)Br)O[C@H]1C(=O)OCC. The number of carbonyl (C=O) groups excluding carboxylic acids is 2. The summed E-state index contributed by atoms with van der Waals surface area (Å²) in [5, 5.41) is 1.83. The second-order valence-electron chi connectivity index (χ2n) is 6.88. The highest BCUT2D eigenvalue weighted by atomic mass is 79.9. The normalized spacial score (nSPS) is 21.0. The van der Waals surface area contributed by atoms with Gasteiger partial charge in [0, 0.05) is 5.56 Å². The van der Waals surface area contributed by atoms with Crippen molar-refractivity contribution in [3.63, 3.8) is 0 Å². The molecule has 1 heterocycles. The Bertz CT molecular complexity index is 950. The summed E-state index contributed by atoms with van der Waals surface area (Å²) in [6, 6.07) is 9.39. The fourth-order valence-electron chi connectivity index (χ4n) is 3.52. The Morgan fingerprint density at radius 3 is 2.13 bits per heavy atom. The number of methoxy groups -OCH3 is 1. The van der Waals surface area contributed by atoms with Crippen LogP contribution in [0, 0.1) is 0 Å². The van der Waals surface area contributed by atoms with Crippen LogP contribution in [0.2, 0.25) is 0 Å². The molecular formula is C22H24Br2O7. The van der Waals surface area contributed by atoms with Crippen LogP contribution >= 0.6 is 31.9 Å². The number of alkyl halides is 1. The first-order valence-electron chi connectivity index (χ1n) is 9.88. The molecule has 0 bridgehead atoms. The third-order valence-corrected chi connectivity index (χ3v) is 6.40. The number of fused-ring (bicyclic) bond motifs is 1. The van der Waals surface area contributed by atoms with Crippen molar-refractivity contribution in [2.45, 2.75) is 43.6 Å². The van der Waals surface area contributed by atoms with E-state index < -0.39 is 34.8 Å². The minimum atomic E-state index is -1.41. The molecule has 3 rings (SSSR count). The van der Waals surface area contributed by atoms with Crippen LogP contribution in [0.1, 0.15) is 26.3 Å². The maximum atomic E-state index is 12.6. The summed E-state index contributed by atoms with van der Waals surface area (Å²) < 4.78 is 28.7. The van der Waals surface area contributed by atoms with Crippen molar-refractivity contribution in [3.8, 4) is 5.75 Å². The van der Waals surface area contributed by atoms with E-state index in [1.807, 2.05) is 37.3 Å². The zero-order chi connectivity index (χ0) is 22.8. The lowest BCUT2D eigenvalue weighted by Gasteiger charge is -2.31. The van der Waals surface area contributed by atoms with E-state index in [4.69, 9.17) is 23.7 Å². The van der Waals surface area contributed by atoms with E-state index in [2.05, 4.69) is 31.9 Å². The van der Waals surface area contributed by atoms with E-state index in [1.54, 1.807) is 21.0 Å². The Hall–Kier alpha value is -1.68. The molecule has 1 fully saturated rings. The van der Waals surface area contributed by atoms with Crippen LogP contribution in [0.5, 0.6) is 5.75 Å². The molecule has 31 heavy (non-hydrogen) atoms. The molecule has 1 saturated heterocycles. The van der Waals surface area contributed by atoms with Crippen LogP contribution in [0.4, 0.5) is 0 Å². The Balaban J connectivity index is 2.08. The molecule has 0 radical (unpaired) electrons. The fraction of sp³-hybridized carbons (Fsp3) is 0.455. The van der Waals surface area contributed by atoms with Crippen molar-refractivity contribution < 1.29 is 33.3 Å². The molecule has 2 aromatic rings. The second-order valence-corrected chi connectivity index (χ2v) is 9.05. The topological polar surface area (TPSA) is 80.3 Å². The summed E-state index contributed by atoms with van der Waals surface area (Å²) in [6.07, 6.45) is -2.50. The summed E-state index contributed by atoms with van der Waals surface area (Å²) >= 11 is 7.11. The van der Waals surface area contributed by atoms with E-state index in [1.165, 1.54) is 0 Å². The van der Waals surface area contributed by atoms with Gasteiger partial charge in [0.2, 0.25) is 5.79 Å². The van der Waals surface area contributed by atoms with Crippen molar-refractivity contribution in [2.24, 2.45) is 0 Å². The smallest absolute Gasteiger partial charge is 0.338 e. The molecule has 9 heteroatoms. The van der Waals surface area contributed by atoms with Crippen LogP contribution in [-0.4, -0.2) is 49.3 Å². The van der Waals surface area contributed by atoms with Crippen molar-refractivity contribution in [3.05, 3.63) is 40.4 Å². The van der Waals surface area contributed by atoms with Gasteiger partial charge in [-0.05, 0) is 59.6 Å². The number of rotatable bonds is 7. The first-order valence-corrected chi connectivity index (χ1v) is 11.6. The predicted molar refractivity (Wildman–Crippen MR) is 121 cm³/mol. The Labute approximate surface area is 197 Å². The molecule has 7 nitrogen and oxygen atoms in total. The summed E-state index contributed by atoms with van der Waals surface area (Å²) in [5.41, 5.74) is 0.641. The van der Waals surface area contributed by atoms with E-state index in [0.29, 0.717) is 11.3 Å². The lowest BCUT2D eigenvalue weighted by Crippen LogP contribution is -2.39. The van der Waals surface area contributed by atoms with E-state index in [0.717, 1.165) is 15.2 Å². The minimum Gasteiger partial charge on any atom is -0.496 e. The maximum Gasteiger partial charge on any atom is 0.338 e. The van der Waals surface area contributed by atoms with Gasteiger partial charge in [-0.2, -0.15) is 0 Å². The average Bonchev–Trinajstić information content (AvgIpc) is 3.17. The number of benzene rings is 2. The monoisotopic (exact) mass is 558 g/mol. The number of carbonyl (C=O) groups is 2. The standard InChI is InChI=1S/C22H24Br2O7/c1-5-28-20(25)18-19(21(26)29-6-2)31-22(30-18,12(3)23)14-8-9-15-13(11-14)7-10-16(27-4)17(15)24/h7-12,18-19H,5-6H2,1-4H3/t12-,18+,19+/m0/s1. The zero-order valence-corrected chi connectivity index (χ0v) is 20.8. The van der Waals surface area contributed by atoms with Crippen LogP contribution < -0.4 is 4.74 Å². The molecule has 0 aliphatic carbocycles. The van der Waals surface area contributed by atoms with Gasteiger partial charge in [0.05, 0.1) is 29.6 Å². The molecule has 168 valence electrons. The molecular weight excluding hydrogens is 536 g/mol. The Kier molecular flexibility index (Phi) is 7.62. The highest BCUT2D eigenvalue weighted by molar-refractivity contribution is 9.10.